The number of alkyl halides is 6. The number of aromatic nitrogens is 1. The molecule has 0 aromatic carbocycles. The maximum atomic E-state index is 5.59. The number of rotatable bonds is 0. The first kappa shape index (κ1) is 12.1. The summed E-state index contributed by atoms with van der Waals surface area (Å²) in [5.41, 5.74) is 0.720. The molecule has 0 atom stereocenters. The van der Waals surface area contributed by atoms with Crippen LogP contribution in [0.2, 0.25) is 0 Å². The van der Waals surface area contributed by atoms with E-state index in [0.717, 1.165) is 0 Å². The molecule has 1 aromatic rings. The largest absolute Gasteiger partial charge is 0.355 e. The maximum Gasteiger partial charge on any atom is 0.230 e. The number of halogens is 6. The van der Waals surface area contributed by atoms with E-state index in [0.29, 0.717) is 11.4 Å². The summed E-state index contributed by atoms with van der Waals surface area (Å²) in [4.78, 5) is 2.70. The van der Waals surface area contributed by atoms with Crippen molar-refractivity contribution in [1.82, 2.24) is 4.98 Å². The van der Waals surface area contributed by atoms with Gasteiger partial charge in [0.25, 0.3) is 0 Å². The Labute approximate surface area is 105 Å². The van der Waals surface area contributed by atoms with Crippen molar-refractivity contribution < 1.29 is 0 Å². The lowest BCUT2D eigenvalue weighted by Gasteiger charge is -2.10. The monoisotopic (exact) mass is 299 g/mol. The predicted molar refractivity (Wildman–Crippen MR) is 59.3 cm³/mol. The Morgan fingerprint density at radius 3 is 1.23 bits per heavy atom. The van der Waals surface area contributed by atoms with Gasteiger partial charge in [-0.2, -0.15) is 0 Å². The quantitative estimate of drug-likeness (QED) is 0.670. The molecule has 0 fully saturated rings. The average molecular weight is 302 g/mol. The van der Waals surface area contributed by atoms with Gasteiger partial charge in [0.2, 0.25) is 7.59 Å². The molecule has 0 aliphatic heterocycles. The summed E-state index contributed by atoms with van der Waals surface area (Å²) in [6.45, 7) is 0. The first-order chi connectivity index (χ1) is 5.71. The number of nitrogens with one attached hydrogen (secondary N) is 1. The minimum atomic E-state index is -1.53. The first-order valence-electron chi connectivity index (χ1n) is 3.04. The van der Waals surface area contributed by atoms with Crippen molar-refractivity contribution in [2.45, 2.75) is 7.59 Å². The topological polar surface area (TPSA) is 15.8 Å². The highest BCUT2D eigenvalue weighted by Crippen LogP contribution is 2.42. The second kappa shape index (κ2) is 3.88. The van der Waals surface area contributed by atoms with E-state index in [1.165, 1.54) is 0 Å². The minimum Gasteiger partial charge on any atom is -0.355 e. The molecule has 1 aromatic heterocycles. The zero-order chi connectivity index (χ0) is 10.3. The van der Waals surface area contributed by atoms with Gasteiger partial charge in [-0.1, -0.05) is 69.6 Å². The van der Waals surface area contributed by atoms with E-state index < -0.39 is 7.59 Å². The molecular formula is C6H3Cl6N. The van der Waals surface area contributed by atoms with Crippen LogP contribution >= 0.6 is 69.6 Å². The molecule has 13 heavy (non-hydrogen) atoms. The van der Waals surface area contributed by atoms with E-state index in [9.17, 15) is 0 Å². The summed E-state index contributed by atoms with van der Waals surface area (Å²) in [5, 5.41) is 0. The van der Waals surface area contributed by atoms with Crippen LogP contribution in [0.15, 0.2) is 12.1 Å². The van der Waals surface area contributed by atoms with E-state index in [1.807, 2.05) is 0 Å². The van der Waals surface area contributed by atoms with Crippen LogP contribution in [0, 0.1) is 0 Å². The molecule has 0 radical (unpaired) electrons. The fourth-order valence-corrected chi connectivity index (χ4v) is 1.39. The van der Waals surface area contributed by atoms with Gasteiger partial charge in [0.05, 0.1) is 11.4 Å². The number of hydrogen-bond acceptors (Lipinski definition) is 0. The van der Waals surface area contributed by atoms with E-state index in [-0.39, 0.29) is 0 Å². The van der Waals surface area contributed by atoms with Crippen LogP contribution in [0.1, 0.15) is 11.4 Å². The SMILES string of the molecule is ClC(Cl)(Cl)c1ccc(C(Cl)(Cl)Cl)[nH]1. The number of aromatic amines is 1. The molecule has 1 rings (SSSR count). The lowest BCUT2D eigenvalue weighted by Crippen LogP contribution is -2.04. The number of hydrogen-bond donors (Lipinski definition) is 1. The summed E-state index contributed by atoms with van der Waals surface area (Å²) in [7, 11) is 0. The minimum absolute atomic E-state index is 0.360. The van der Waals surface area contributed by atoms with Crippen molar-refractivity contribution in [2.75, 3.05) is 0 Å². The molecule has 7 heteroatoms. The van der Waals surface area contributed by atoms with Crippen LogP contribution in [0.3, 0.4) is 0 Å². The van der Waals surface area contributed by atoms with Crippen LogP contribution in [0.25, 0.3) is 0 Å². The summed E-state index contributed by atoms with van der Waals surface area (Å²) in [6, 6.07) is 3.09. The summed E-state index contributed by atoms with van der Waals surface area (Å²) < 4.78 is -3.07. The van der Waals surface area contributed by atoms with Gasteiger partial charge >= 0.3 is 0 Å². The number of H-pyrrole nitrogens is 1. The van der Waals surface area contributed by atoms with Crippen LogP contribution in [-0.4, -0.2) is 4.98 Å². The molecule has 0 aliphatic rings. The third-order valence-corrected chi connectivity index (χ3v) is 2.52. The van der Waals surface area contributed by atoms with E-state index in [1.54, 1.807) is 12.1 Å². The van der Waals surface area contributed by atoms with Gasteiger partial charge in [0.1, 0.15) is 0 Å². The molecule has 0 aliphatic carbocycles. The highest BCUT2D eigenvalue weighted by Gasteiger charge is 2.29. The second-order valence-electron chi connectivity index (χ2n) is 2.28. The van der Waals surface area contributed by atoms with Gasteiger partial charge < -0.3 is 4.98 Å². The summed E-state index contributed by atoms with van der Waals surface area (Å²) in [6.07, 6.45) is 0. The Balaban J connectivity index is 3.01. The van der Waals surface area contributed by atoms with Gasteiger partial charge in [-0.25, -0.2) is 0 Å². The van der Waals surface area contributed by atoms with Crippen molar-refractivity contribution >= 4 is 69.6 Å². The normalized spacial score (nSPS) is 13.4. The summed E-state index contributed by atoms with van der Waals surface area (Å²) in [5.74, 6) is 0. The van der Waals surface area contributed by atoms with Gasteiger partial charge in [-0.15, -0.1) is 0 Å². The fraction of sp³-hybridized carbons (Fsp3) is 0.333. The molecule has 1 nitrogen and oxygen atoms in total. The molecule has 0 spiro atoms. The molecule has 0 amide bonds. The van der Waals surface area contributed by atoms with Crippen molar-refractivity contribution in [3.8, 4) is 0 Å². The Morgan fingerprint density at radius 2 is 1.08 bits per heavy atom. The van der Waals surface area contributed by atoms with Crippen LogP contribution in [0.4, 0.5) is 0 Å². The predicted octanol–water partition coefficient (Wildman–Crippen LogP) is 4.67. The van der Waals surface area contributed by atoms with Gasteiger partial charge in [0, 0.05) is 0 Å². The molecular weight excluding hydrogens is 299 g/mol. The lowest BCUT2D eigenvalue weighted by molar-refractivity contribution is 1.04. The van der Waals surface area contributed by atoms with Crippen molar-refractivity contribution in [3.63, 3.8) is 0 Å². The molecule has 0 saturated heterocycles. The van der Waals surface area contributed by atoms with Gasteiger partial charge in [-0.3, -0.25) is 0 Å². The van der Waals surface area contributed by atoms with E-state index in [2.05, 4.69) is 4.98 Å². The Kier molecular flexibility index (Phi) is 3.61. The highest BCUT2D eigenvalue weighted by molar-refractivity contribution is 6.67. The standard InChI is InChI=1S/C6H3Cl6N/c7-5(8,9)3-1-2-4(13-3)6(10,11)12/h1-2,13H. The first-order valence-corrected chi connectivity index (χ1v) is 5.31. The Hall–Kier alpha value is 1.02. The zero-order valence-corrected chi connectivity index (χ0v) is 10.5. The Morgan fingerprint density at radius 1 is 0.769 bits per heavy atom. The molecule has 0 saturated carbocycles. The van der Waals surface area contributed by atoms with Gasteiger partial charge in [0.15, 0.2) is 0 Å². The zero-order valence-electron chi connectivity index (χ0n) is 5.92. The summed E-state index contributed by atoms with van der Waals surface area (Å²) >= 11 is 33.6. The molecule has 0 bridgehead atoms. The third-order valence-electron chi connectivity index (χ3n) is 1.30. The second-order valence-corrected chi connectivity index (χ2v) is 6.84. The fourth-order valence-electron chi connectivity index (χ4n) is 0.726. The smallest absolute Gasteiger partial charge is 0.230 e. The van der Waals surface area contributed by atoms with Gasteiger partial charge in [-0.05, 0) is 12.1 Å². The third kappa shape index (κ3) is 3.26. The molecule has 74 valence electrons. The van der Waals surface area contributed by atoms with E-state index >= 15 is 0 Å². The van der Waals surface area contributed by atoms with Crippen molar-refractivity contribution in [1.29, 1.82) is 0 Å². The van der Waals surface area contributed by atoms with E-state index in [4.69, 9.17) is 69.6 Å². The Bertz CT molecular complexity index is 264. The van der Waals surface area contributed by atoms with Crippen molar-refractivity contribution in [2.24, 2.45) is 0 Å². The van der Waals surface area contributed by atoms with Crippen LogP contribution in [0.5, 0.6) is 0 Å². The molecule has 0 unspecified atom stereocenters. The van der Waals surface area contributed by atoms with Crippen LogP contribution < -0.4 is 0 Å². The lowest BCUT2D eigenvalue weighted by atomic mass is 10.4. The molecule has 1 heterocycles. The maximum absolute atomic E-state index is 5.59. The highest BCUT2D eigenvalue weighted by atomic mass is 35.6. The average Bonchev–Trinajstić information content (AvgIpc) is 2.28. The van der Waals surface area contributed by atoms with Crippen LogP contribution in [-0.2, 0) is 7.59 Å². The van der Waals surface area contributed by atoms with Crippen molar-refractivity contribution in [3.05, 3.63) is 23.5 Å². The molecule has 1 N–H and O–H groups in total.